The lowest BCUT2D eigenvalue weighted by atomic mass is 9.64. The first-order chi connectivity index (χ1) is 17.2. The van der Waals surface area contributed by atoms with Crippen molar-refractivity contribution in [3.05, 3.63) is 0 Å². The molecule has 5 fully saturated rings. The van der Waals surface area contributed by atoms with Crippen molar-refractivity contribution in [1.29, 1.82) is 0 Å². The summed E-state index contributed by atoms with van der Waals surface area (Å²) in [7, 11) is 0. The minimum atomic E-state index is -1.61. The molecule has 0 bridgehead atoms. The van der Waals surface area contributed by atoms with Crippen molar-refractivity contribution in [1.82, 2.24) is 0 Å². The van der Waals surface area contributed by atoms with Crippen LogP contribution in [0.3, 0.4) is 0 Å². The molecule has 2 saturated carbocycles. The zero-order chi connectivity index (χ0) is 25.7. The minimum absolute atomic E-state index is 0.0205. The van der Waals surface area contributed by atoms with Gasteiger partial charge in [0.1, 0.15) is 24.4 Å². The SMILES string of the molecule is O=C(O)C1CC2C(O[C@@H]3O[C@H](CO)[C@@H](O)[C@H](O)[C@H]3O)C(C3CCC(O)CC3)OC3CC(O)CC(O1)C32. The first-order valence-electron chi connectivity index (χ1n) is 13.0. The van der Waals surface area contributed by atoms with Crippen LogP contribution >= 0.6 is 0 Å². The monoisotopic (exact) mass is 518 g/mol. The molecule has 0 aromatic heterocycles. The van der Waals surface area contributed by atoms with Gasteiger partial charge in [0.05, 0.1) is 43.2 Å². The van der Waals surface area contributed by atoms with E-state index >= 15 is 0 Å². The van der Waals surface area contributed by atoms with E-state index in [1.165, 1.54) is 0 Å². The summed E-state index contributed by atoms with van der Waals surface area (Å²) in [6, 6.07) is 0. The average Bonchev–Trinajstić information content (AvgIpc) is 2.85. The van der Waals surface area contributed by atoms with Gasteiger partial charge in [-0.3, -0.25) is 0 Å². The molecule has 12 heteroatoms. The van der Waals surface area contributed by atoms with Crippen molar-refractivity contribution in [2.75, 3.05) is 6.61 Å². The van der Waals surface area contributed by atoms with Gasteiger partial charge in [-0.1, -0.05) is 0 Å². The number of hydrogen-bond donors (Lipinski definition) is 7. The number of aliphatic hydroxyl groups excluding tert-OH is 6. The van der Waals surface area contributed by atoms with Gasteiger partial charge in [-0.25, -0.2) is 4.79 Å². The number of ether oxygens (including phenoxy) is 4. The summed E-state index contributed by atoms with van der Waals surface area (Å²) < 4.78 is 24.4. The van der Waals surface area contributed by atoms with E-state index < -0.39 is 79.9 Å². The Morgan fingerprint density at radius 3 is 2.11 bits per heavy atom. The second kappa shape index (κ2) is 10.7. The van der Waals surface area contributed by atoms with Crippen LogP contribution in [0.15, 0.2) is 0 Å². The topological polar surface area (TPSA) is 196 Å². The zero-order valence-corrected chi connectivity index (χ0v) is 20.0. The van der Waals surface area contributed by atoms with Gasteiger partial charge in [-0.05, 0) is 50.4 Å². The summed E-state index contributed by atoms with van der Waals surface area (Å²) in [5.41, 5.74) is 0. The van der Waals surface area contributed by atoms with Crippen molar-refractivity contribution in [2.45, 2.75) is 118 Å². The van der Waals surface area contributed by atoms with E-state index in [0.29, 0.717) is 32.1 Å². The molecule has 36 heavy (non-hydrogen) atoms. The molecule has 5 aliphatic rings. The normalized spacial score (nSPS) is 53.4. The highest BCUT2D eigenvalue weighted by molar-refractivity contribution is 5.72. The first kappa shape index (κ1) is 26.7. The van der Waals surface area contributed by atoms with Gasteiger partial charge in [0, 0.05) is 12.3 Å². The molecule has 0 radical (unpaired) electrons. The molecule has 3 saturated heterocycles. The number of aliphatic carboxylic acids is 1. The number of rotatable bonds is 5. The zero-order valence-electron chi connectivity index (χ0n) is 20.0. The van der Waals surface area contributed by atoms with Crippen LogP contribution in [0.5, 0.6) is 0 Å². The van der Waals surface area contributed by atoms with Crippen LogP contribution in [0, 0.1) is 17.8 Å². The van der Waals surface area contributed by atoms with E-state index in [9.17, 15) is 40.5 Å². The van der Waals surface area contributed by atoms with Gasteiger partial charge < -0.3 is 54.7 Å². The maximum absolute atomic E-state index is 12.0. The molecule has 206 valence electrons. The second-order valence-electron chi connectivity index (χ2n) is 11.1. The van der Waals surface area contributed by atoms with Crippen molar-refractivity contribution < 1.29 is 59.5 Å². The second-order valence-corrected chi connectivity index (χ2v) is 11.1. The van der Waals surface area contributed by atoms with Crippen LogP contribution in [0.4, 0.5) is 0 Å². The summed E-state index contributed by atoms with van der Waals surface area (Å²) in [5.74, 6) is -1.74. The van der Waals surface area contributed by atoms with Gasteiger partial charge >= 0.3 is 5.97 Å². The van der Waals surface area contributed by atoms with Crippen molar-refractivity contribution in [3.63, 3.8) is 0 Å². The van der Waals surface area contributed by atoms with E-state index in [2.05, 4.69) is 0 Å². The maximum atomic E-state index is 12.0. The van der Waals surface area contributed by atoms with Crippen LogP contribution in [-0.4, -0.2) is 122 Å². The molecular formula is C24H38O12. The summed E-state index contributed by atoms with van der Waals surface area (Å²) in [5, 5.41) is 71.0. The lowest BCUT2D eigenvalue weighted by Gasteiger charge is -2.57. The van der Waals surface area contributed by atoms with Gasteiger partial charge in [0.25, 0.3) is 0 Å². The molecule has 5 rings (SSSR count). The van der Waals surface area contributed by atoms with Crippen LogP contribution in [-0.2, 0) is 23.7 Å². The lowest BCUT2D eigenvalue weighted by Crippen LogP contribution is -2.66. The fourth-order valence-corrected chi connectivity index (χ4v) is 7.06. The standard InChI is InChI=1S/C24H38O12/c25-8-16-18(28)19(29)20(30)24(35-16)36-22-12-7-15(23(31)32)33-13-5-11(27)6-14(17(12)13)34-21(22)9-1-3-10(26)4-2-9/h9-22,24-30H,1-8H2,(H,31,32)/t9?,10?,11?,12?,13?,14?,15?,16-,17?,18-,19+,20-,21?,22?,24+/m1/s1. The smallest absolute Gasteiger partial charge is 0.332 e. The highest BCUT2D eigenvalue weighted by Gasteiger charge is 2.59. The fraction of sp³-hybridized carbons (Fsp3) is 0.958. The predicted octanol–water partition coefficient (Wildman–Crippen LogP) is -1.88. The van der Waals surface area contributed by atoms with Gasteiger partial charge in [-0.2, -0.15) is 0 Å². The highest BCUT2D eigenvalue weighted by atomic mass is 16.7. The van der Waals surface area contributed by atoms with Gasteiger partial charge in [0.15, 0.2) is 12.4 Å². The number of carboxylic acids is 1. The van der Waals surface area contributed by atoms with Crippen molar-refractivity contribution in [3.8, 4) is 0 Å². The van der Waals surface area contributed by atoms with Crippen LogP contribution in [0.25, 0.3) is 0 Å². The molecule has 13 atom stereocenters. The Balaban J connectivity index is 1.46. The summed E-state index contributed by atoms with van der Waals surface area (Å²) >= 11 is 0. The molecule has 2 aliphatic carbocycles. The van der Waals surface area contributed by atoms with Crippen molar-refractivity contribution in [2.24, 2.45) is 17.8 Å². The van der Waals surface area contributed by atoms with E-state index in [-0.39, 0.29) is 36.7 Å². The fourth-order valence-electron chi connectivity index (χ4n) is 7.06. The van der Waals surface area contributed by atoms with Crippen LogP contribution in [0.1, 0.15) is 44.9 Å². The molecule has 0 aromatic carbocycles. The van der Waals surface area contributed by atoms with E-state index in [1.54, 1.807) is 0 Å². The Labute approximate surface area is 208 Å². The molecular weight excluding hydrogens is 480 g/mol. The number of aliphatic hydroxyl groups is 6. The molecule has 8 unspecified atom stereocenters. The third-order valence-corrected chi connectivity index (χ3v) is 8.89. The van der Waals surface area contributed by atoms with Gasteiger partial charge in [-0.15, -0.1) is 0 Å². The first-order valence-corrected chi connectivity index (χ1v) is 13.0. The summed E-state index contributed by atoms with van der Waals surface area (Å²) in [6.45, 7) is -0.598. The Bertz CT molecular complexity index is 772. The van der Waals surface area contributed by atoms with Crippen LogP contribution < -0.4 is 0 Å². The molecule has 3 aliphatic heterocycles. The summed E-state index contributed by atoms with van der Waals surface area (Å²) in [6.07, 6.45) is -8.37. The van der Waals surface area contributed by atoms with Gasteiger partial charge in [0.2, 0.25) is 0 Å². The largest absolute Gasteiger partial charge is 0.479 e. The minimum Gasteiger partial charge on any atom is -0.479 e. The highest BCUT2D eigenvalue weighted by Crippen LogP contribution is 2.50. The van der Waals surface area contributed by atoms with Crippen LogP contribution in [0.2, 0.25) is 0 Å². The van der Waals surface area contributed by atoms with E-state index in [1.807, 2.05) is 0 Å². The average molecular weight is 519 g/mol. The Hall–Kier alpha value is -0.930. The number of carbonyl (C=O) groups is 1. The predicted molar refractivity (Wildman–Crippen MR) is 118 cm³/mol. The molecule has 0 spiro atoms. The Morgan fingerprint density at radius 1 is 0.806 bits per heavy atom. The molecule has 7 N–H and O–H groups in total. The van der Waals surface area contributed by atoms with E-state index in [0.717, 1.165) is 0 Å². The van der Waals surface area contributed by atoms with Crippen molar-refractivity contribution >= 4 is 5.97 Å². The third kappa shape index (κ3) is 4.93. The molecule has 0 amide bonds. The Kier molecular flexibility index (Phi) is 7.91. The molecule has 0 aromatic rings. The molecule has 12 nitrogen and oxygen atoms in total. The maximum Gasteiger partial charge on any atom is 0.332 e. The molecule has 3 heterocycles. The number of hydrogen-bond acceptors (Lipinski definition) is 11. The third-order valence-electron chi connectivity index (χ3n) is 8.89. The Morgan fingerprint density at radius 2 is 1.47 bits per heavy atom. The summed E-state index contributed by atoms with van der Waals surface area (Å²) in [4.78, 5) is 12.0. The quantitative estimate of drug-likeness (QED) is 0.214. The van der Waals surface area contributed by atoms with E-state index in [4.69, 9.17) is 18.9 Å². The lowest BCUT2D eigenvalue weighted by molar-refractivity contribution is -0.350. The number of carboxylic acid groups (broad SMARTS) is 1.